The Balaban J connectivity index is 2.56. The van der Waals surface area contributed by atoms with Gasteiger partial charge in [0.1, 0.15) is 5.60 Å². The first-order valence-electron chi connectivity index (χ1n) is 12.0. The van der Waals surface area contributed by atoms with E-state index in [1.165, 1.54) is 6.42 Å². The van der Waals surface area contributed by atoms with Gasteiger partial charge in [-0.3, -0.25) is 4.79 Å². The fraction of sp³-hybridized carbons (Fsp3) is 0.917. The van der Waals surface area contributed by atoms with Crippen molar-refractivity contribution in [3.63, 3.8) is 0 Å². The topological polar surface area (TPSA) is 67.4 Å². The van der Waals surface area contributed by atoms with E-state index in [1.807, 2.05) is 25.6 Å². The molecule has 0 radical (unpaired) electrons. The number of hydrogen-bond donors (Lipinski definition) is 2. The van der Waals surface area contributed by atoms with Crippen molar-refractivity contribution in [2.75, 3.05) is 18.8 Å². The normalized spacial score (nSPS) is 17.4. The van der Waals surface area contributed by atoms with Crippen molar-refractivity contribution in [3.05, 3.63) is 0 Å². The van der Waals surface area contributed by atoms with Gasteiger partial charge in [-0.2, -0.15) is 11.8 Å². The van der Waals surface area contributed by atoms with Gasteiger partial charge in [-0.15, -0.1) is 0 Å². The summed E-state index contributed by atoms with van der Waals surface area (Å²) in [6.07, 6.45) is 8.65. The fourth-order valence-electron chi connectivity index (χ4n) is 4.58. The molecule has 1 unspecified atom stereocenters. The maximum atomic E-state index is 12.6. The first-order valence-corrected chi connectivity index (χ1v) is 13.1. The van der Waals surface area contributed by atoms with Gasteiger partial charge in [0.05, 0.1) is 0 Å². The molecule has 0 bridgehead atoms. The lowest BCUT2D eigenvalue weighted by Crippen LogP contribution is -2.45. The van der Waals surface area contributed by atoms with Crippen LogP contribution >= 0.6 is 11.8 Å². The van der Waals surface area contributed by atoms with E-state index in [0.717, 1.165) is 50.7 Å². The molecule has 1 aliphatic carbocycles. The van der Waals surface area contributed by atoms with Crippen LogP contribution in [0.1, 0.15) is 99.3 Å². The Morgan fingerprint density at radius 2 is 1.67 bits per heavy atom. The molecule has 1 atom stereocenters. The molecule has 0 aliphatic heterocycles. The minimum atomic E-state index is -0.488. The molecule has 2 N–H and O–H groups in total. The first kappa shape index (κ1) is 27.1. The molecular formula is C24H46N2O3S. The second kappa shape index (κ2) is 13.5. The van der Waals surface area contributed by atoms with Crippen LogP contribution in [-0.4, -0.2) is 41.7 Å². The Kier molecular flexibility index (Phi) is 12.2. The summed E-state index contributed by atoms with van der Waals surface area (Å²) in [6, 6.07) is 0. The Bertz CT molecular complexity index is 515. The maximum absolute atomic E-state index is 12.6. The number of rotatable bonds is 13. The molecule has 0 heterocycles. The molecule has 1 aliphatic rings. The number of amides is 2. The molecule has 0 aromatic heterocycles. The maximum Gasteiger partial charge on any atom is 0.407 e. The Morgan fingerprint density at radius 1 is 1.03 bits per heavy atom. The molecule has 30 heavy (non-hydrogen) atoms. The smallest absolute Gasteiger partial charge is 0.407 e. The fourth-order valence-corrected chi connectivity index (χ4v) is 5.44. The molecule has 5 nitrogen and oxygen atoms in total. The van der Waals surface area contributed by atoms with Crippen molar-refractivity contribution in [1.29, 1.82) is 0 Å². The third kappa shape index (κ3) is 9.49. The lowest BCUT2D eigenvalue weighted by molar-refractivity contribution is -0.123. The highest BCUT2D eigenvalue weighted by Gasteiger charge is 2.36. The highest BCUT2D eigenvalue weighted by atomic mass is 32.2. The minimum absolute atomic E-state index is 0.106. The molecule has 0 spiro atoms. The van der Waals surface area contributed by atoms with Crippen LogP contribution in [0, 0.1) is 11.3 Å². The number of thioether (sulfide) groups is 1. The average Bonchev–Trinajstić information content (AvgIpc) is 2.70. The Labute approximate surface area is 189 Å². The molecule has 6 heteroatoms. The van der Waals surface area contributed by atoms with Crippen LogP contribution in [0.15, 0.2) is 0 Å². The lowest BCUT2D eigenvalue weighted by Gasteiger charge is -2.38. The standard InChI is InChI=1S/C24H46N2O3S/c1-7-19(4)30-16-15-25-21(27)17-24(13-11-10-12-14-24)18-26-22(28)29-23(5,6)20(8-2)9-3/h19-20H,7-18H2,1-6H3,(H,25,27)(H,26,28). The number of hydrogen-bond acceptors (Lipinski definition) is 4. The van der Waals surface area contributed by atoms with Gasteiger partial charge < -0.3 is 15.4 Å². The van der Waals surface area contributed by atoms with E-state index < -0.39 is 5.60 Å². The molecule has 1 fully saturated rings. The molecular weight excluding hydrogens is 396 g/mol. The third-order valence-corrected chi connectivity index (χ3v) is 8.13. The van der Waals surface area contributed by atoms with E-state index in [2.05, 4.69) is 38.3 Å². The zero-order chi connectivity index (χ0) is 22.6. The summed E-state index contributed by atoms with van der Waals surface area (Å²) in [6.45, 7) is 13.9. The van der Waals surface area contributed by atoms with Crippen molar-refractivity contribution >= 4 is 23.8 Å². The van der Waals surface area contributed by atoms with Crippen molar-refractivity contribution in [3.8, 4) is 0 Å². The quantitative estimate of drug-likeness (QED) is 0.348. The van der Waals surface area contributed by atoms with E-state index in [0.29, 0.717) is 30.7 Å². The summed E-state index contributed by atoms with van der Waals surface area (Å²) in [5, 5.41) is 6.72. The first-order chi connectivity index (χ1) is 14.2. The highest BCUT2D eigenvalue weighted by molar-refractivity contribution is 7.99. The molecule has 0 aromatic rings. The molecule has 1 saturated carbocycles. The molecule has 0 saturated heterocycles. The Morgan fingerprint density at radius 3 is 2.23 bits per heavy atom. The van der Waals surface area contributed by atoms with E-state index in [-0.39, 0.29) is 17.4 Å². The third-order valence-electron chi connectivity index (χ3n) is 6.78. The predicted molar refractivity (Wildman–Crippen MR) is 128 cm³/mol. The second-order valence-corrected chi connectivity index (χ2v) is 11.1. The second-order valence-electron chi connectivity index (χ2n) is 9.54. The summed E-state index contributed by atoms with van der Waals surface area (Å²) in [5.74, 6) is 1.39. The van der Waals surface area contributed by atoms with Crippen LogP contribution < -0.4 is 10.6 Å². The average molecular weight is 443 g/mol. The minimum Gasteiger partial charge on any atom is -0.443 e. The number of carbonyl (C=O) groups is 2. The summed E-state index contributed by atoms with van der Waals surface area (Å²) in [4.78, 5) is 25.1. The zero-order valence-electron chi connectivity index (χ0n) is 20.3. The van der Waals surface area contributed by atoms with Gasteiger partial charge in [-0.25, -0.2) is 4.79 Å². The molecule has 0 aromatic carbocycles. The van der Waals surface area contributed by atoms with Gasteiger partial charge in [0.2, 0.25) is 5.91 Å². The highest BCUT2D eigenvalue weighted by Crippen LogP contribution is 2.39. The molecule has 1 rings (SSSR count). The van der Waals surface area contributed by atoms with Crippen LogP contribution in [0.2, 0.25) is 0 Å². The van der Waals surface area contributed by atoms with Crippen LogP contribution in [0.25, 0.3) is 0 Å². The van der Waals surface area contributed by atoms with Crippen LogP contribution in [0.4, 0.5) is 4.79 Å². The monoisotopic (exact) mass is 442 g/mol. The summed E-state index contributed by atoms with van der Waals surface area (Å²) in [7, 11) is 0. The summed E-state index contributed by atoms with van der Waals surface area (Å²) in [5.41, 5.74) is -0.637. The SMILES string of the molecule is CCC(C)SCCNC(=O)CC1(CNC(=O)OC(C)(C)C(CC)CC)CCCCC1. The van der Waals surface area contributed by atoms with E-state index in [4.69, 9.17) is 4.74 Å². The van der Waals surface area contributed by atoms with Gasteiger partial charge in [0.15, 0.2) is 0 Å². The van der Waals surface area contributed by atoms with Crippen molar-refractivity contribution in [2.24, 2.45) is 11.3 Å². The van der Waals surface area contributed by atoms with Gasteiger partial charge >= 0.3 is 6.09 Å². The van der Waals surface area contributed by atoms with Gasteiger partial charge in [0, 0.05) is 30.5 Å². The molecule has 2 amide bonds. The van der Waals surface area contributed by atoms with Crippen molar-refractivity contribution in [2.45, 2.75) is 110 Å². The lowest BCUT2D eigenvalue weighted by atomic mass is 9.71. The zero-order valence-corrected chi connectivity index (χ0v) is 21.1. The number of alkyl carbamates (subject to hydrolysis) is 1. The summed E-state index contributed by atoms with van der Waals surface area (Å²) >= 11 is 1.90. The largest absolute Gasteiger partial charge is 0.443 e. The van der Waals surface area contributed by atoms with Gasteiger partial charge in [0.25, 0.3) is 0 Å². The van der Waals surface area contributed by atoms with E-state index in [9.17, 15) is 9.59 Å². The van der Waals surface area contributed by atoms with Crippen LogP contribution in [0.3, 0.4) is 0 Å². The Hall–Kier alpha value is -0.910. The van der Waals surface area contributed by atoms with Gasteiger partial charge in [-0.05, 0) is 57.3 Å². The molecule has 176 valence electrons. The van der Waals surface area contributed by atoms with E-state index in [1.54, 1.807) is 0 Å². The number of carbonyl (C=O) groups excluding carboxylic acids is 2. The van der Waals surface area contributed by atoms with E-state index >= 15 is 0 Å². The number of nitrogens with one attached hydrogen (secondary N) is 2. The van der Waals surface area contributed by atoms with Gasteiger partial charge in [-0.1, -0.05) is 47.0 Å². The number of ether oxygens (including phenoxy) is 1. The van der Waals surface area contributed by atoms with Crippen LogP contribution in [0.5, 0.6) is 0 Å². The van der Waals surface area contributed by atoms with Crippen LogP contribution in [-0.2, 0) is 9.53 Å². The van der Waals surface area contributed by atoms with Crippen molar-refractivity contribution < 1.29 is 14.3 Å². The predicted octanol–water partition coefficient (Wildman–Crippen LogP) is 5.92. The summed E-state index contributed by atoms with van der Waals surface area (Å²) < 4.78 is 5.78. The van der Waals surface area contributed by atoms with Crippen molar-refractivity contribution in [1.82, 2.24) is 10.6 Å².